The minimum Gasteiger partial charge on any atom is -0.461 e. The number of hydrogen-bond acceptors (Lipinski definition) is 7. The standard InChI is InChI=1S/C19H19NO6S/c21-19(24-11-8-20-9-12-27(22,23)13-10-20)14-4-3-7-17-18(14)26-16-6-2-1-5-15(16)25-17/h1-7H,8-13H2. The molecule has 0 aliphatic carbocycles. The maximum absolute atomic E-state index is 12.5. The molecule has 2 heterocycles. The highest BCUT2D eigenvalue weighted by Crippen LogP contribution is 2.46. The smallest absolute Gasteiger partial charge is 0.342 e. The lowest BCUT2D eigenvalue weighted by molar-refractivity contribution is 0.0461. The quantitative estimate of drug-likeness (QED) is 0.634. The average molecular weight is 389 g/mol. The highest BCUT2D eigenvalue weighted by atomic mass is 32.2. The first-order valence-corrected chi connectivity index (χ1v) is 10.5. The number of fused-ring (bicyclic) bond motifs is 2. The van der Waals surface area contributed by atoms with E-state index in [9.17, 15) is 13.2 Å². The molecule has 8 heteroatoms. The van der Waals surface area contributed by atoms with E-state index in [0.29, 0.717) is 48.2 Å². The normalized spacial score (nSPS) is 17.8. The maximum atomic E-state index is 12.5. The molecule has 27 heavy (non-hydrogen) atoms. The lowest BCUT2D eigenvalue weighted by Gasteiger charge is -2.26. The van der Waals surface area contributed by atoms with Gasteiger partial charge in [-0.2, -0.15) is 0 Å². The largest absolute Gasteiger partial charge is 0.461 e. The van der Waals surface area contributed by atoms with Crippen molar-refractivity contribution in [1.29, 1.82) is 0 Å². The van der Waals surface area contributed by atoms with Gasteiger partial charge in [-0.25, -0.2) is 13.2 Å². The predicted molar refractivity (Wildman–Crippen MR) is 98.4 cm³/mol. The Morgan fingerprint density at radius 3 is 2.37 bits per heavy atom. The van der Waals surface area contributed by atoms with Gasteiger partial charge in [-0.05, 0) is 24.3 Å². The number of hydrogen-bond donors (Lipinski definition) is 0. The first-order valence-electron chi connectivity index (χ1n) is 8.69. The maximum Gasteiger partial charge on any atom is 0.342 e. The minimum absolute atomic E-state index is 0.151. The third-order valence-corrected chi connectivity index (χ3v) is 6.17. The third kappa shape index (κ3) is 3.91. The molecule has 2 aromatic rings. The van der Waals surface area contributed by atoms with Crippen molar-refractivity contribution in [1.82, 2.24) is 4.90 Å². The third-order valence-electron chi connectivity index (χ3n) is 4.56. The second-order valence-corrected chi connectivity index (χ2v) is 8.72. The van der Waals surface area contributed by atoms with Crippen molar-refractivity contribution < 1.29 is 27.4 Å². The van der Waals surface area contributed by atoms with E-state index < -0.39 is 15.8 Å². The number of nitrogens with zero attached hydrogens (tertiary/aromatic N) is 1. The summed E-state index contributed by atoms with van der Waals surface area (Å²) in [6.45, 7) is 1.61. The Morgan fingerprint density at radius 2 is 1.63 bits per heavy atom. The fraction of sp³-hybridized carbons (Fsp3) is 0.316. The van der Waals surface area contributed by atoms with E-state index in [4.69, 9.17) is 14.2 Å². The lowest BCUT2D eigenvalue weighted by Crippen LogP contribution is -2.41. The van der Waals surface area contributed by atoms with Crippen LogP contribution in [0.5, 0.6) is 23.0 Å². The van der Waals surface area contributed by atoms with Gasteiger partial charge in [0, 0.05) is 19.6 Å². The van der Waals surface area contributed by atoms with Crippen molar-refractivity contribution in [2.45, 2.75) is 0 Å². The van der Waals surface area contributed by atoms with Crippen LogP contribution in [0, 0.1) is 0 Å². The monoisotopic (exact) mass is 389 g/mol. The molecule has 4 rings (SSSR count). The Kier molecular flexibility index (Phi) is 4.75. The molecule has 7 nitrogen and oxygen atoms in total. The highest BCUT2D eigenvalue weighted by Gasteiger charge is 2.26. The highest BCUT2D eigenvalue weighted by molar-refractivity contribution is 7.91. The Hall–Kier alpha value is -2.58. The number of rotatable bonds is 4. The van der Waals surface area contributed by atoms with E-state index in [1.54, 1.807) is 30.3 Å². The molecule has 0 radical (unpaired) electrons. The van der Waals surface area contributed by atoms with E-state index in [1.165, 1.54) is 0 Å². The molecule has 0 unspecified atom stereocenters. The first kappa shape index (κ1) is 17.8. The van der Waals surface area contributed by atoms with Gasteiger partial charge < -0.3 is 14.2 Å². The molecule has 1 fully saturated rings. The van der Waals surface area contributed by atoms with Gasteiger partial charge in [-0.15, -0.1) is 0 Å². The molecule has 1 saturated heterocycles. The van der Waals surface area contributed by atoms with Gasteiger partial charge in [0.15, 0.2) is 32.8 Å². The topological polar surface area (TPSA) is 82.1 Å². The molecule has 2 aliphatic heterocycles. The number of sulfone groups is 1. The van der Waals surface area contributed by atoms with Crippen molar-refractivity contribution in [2.75, 3.05) is 37.7 Å². The Morgan fingerprint density at radius 1 is 0.963 bits per heavy atom. The lowest BCUT2D eigenvalue weighted by atomic mass is 10.1. The number of benzene rings is 2. The van der Waals surface area contributed by atoms with E-state index in [0.717, 1.165) is 0 Å². The molecule has 0 N–H and O–H groups in total. The fourth-order valence-electron chi connectivity index (χ4n) is 3.03. The molecule has 0 saturated carbocycles. The Bertz CT molecular complexity index is 958. The summed E-state index contributed by atoms with van der Waals surface area (Å²) < 4.78 is 39.9. The summed E-state index contributed by atoms with van der Waals surface area (Å²) in [6, 6.07) is 12.3. The number of ether oxygens (including phenoxy) is 3. The van der Waals surface area contributed by atoms with Gasteiger partial charge in [0.05, 0.1) is 11.5 Å². The molecule has 2 aliphatic rings. The average Bonchev–Trinajstić information content (AvgIpc) is 2.67. The van der Waals surface area contributed by atoms with Crippen molar-refractivity contribution in [3.05, 3.63) is 48.0 Å². The summed E-state index contributed by atoms with van der Waals surface area (Å²) in [5, 5.41) is 0. The van der Waals surface area contributed by atoms with E-state index in [1.807, 2.05) is 17.0 Å². The number of esters is 1. The Balaban J connectivity index is 1.39. The van der Waals surface area contributed by atoms with Crippen molar-refractivity contribution in [3.63, 3.8) is 0 Å². The van der Waals surface area contributed by atoms with Gasteiger partial charge in [-0.1, -0.05) is 18.2 Å². The summed E-state index contributed by atoms with van der Waals surface area (Å²) in [7, 11) is -2.91. The van der Waals surface area contributed by atoms with Gasteiger partial charge in [0.2, 0.25) is 0 Å². The van der Waals surface area contributed by atoms with Crippen molar-refractivity contribution in [2.24, 2.45) is 0 Å². The number of carbonyl (C=O) groups is 1. The van der Waals surface area contributed by atoms with Crippen LogP contribution in [-0.4, -0.2) is 57.0 Å². The van der Waals surface area contributed by atoms with E-state index in [2.05, 4.69) is 0 Å². The summed E-state index contributed by atoms with van der Waals surface area (Å²) >= 11 is 0. The summed E-state index contributed by atoms with van der Waals surface area (Å²) in [5.41, 5.74) is 0.295. The molecular weight excluding hydrogens is 370 g/mol. The molecule has 0 bridgehead atoms. The van der Waals surface area contributed by atoms with Crippen LogP contribution < -0.4 is 9.47 Å². The molecule has 0 amide bonds. The van der Waals surface area contributed by atoms with Crippen LogP contribution in [0.1, 0.15) is 10.4 Å². The van der Waals surface area contributed by atoms with Crippen LogP contribution in [-0.2, 0) is 14.6 Å². The number of carbonyl (C=O) groups excluding carboxylic acids is 1. The summed E-state index contributed by atoms with van der Waals surface area (Å²) in [5.74, 6) is 1.74. The number of para-hydroxylation sites is 3. The van der Waals surface area contributed by atoms with E-state index >= 15 is 0 Å². The summed E-state index contributed by atoms with van der Waals surface area (Å²) in [4.78, 5) is 14.5. The van der Waals surface area contributed by atoms with Gasteiger partial charge in [0.25, 0.3) is 0 Å². The van der Waals surface area contributed by atoms with Crippen molar-refractivity contribution in [3.8, 4) is 23.0 Å². The van der Waals surface area contributed by atoms with Gasteiger partial charge >= 0.3 is 5.97 Å². The van der Waals surface area contributed by atoms with Crippen LogP contribution in [0.3, 0.4) is 0 Å². The van der Waals surface area contributed by atoms with Crippen LogP contribution >= 0.6 is 0 Å². The second kappa shape index (κ2) is 7.21. The van der Waals surface area contributed by atoms with Crippen LogP contribution in [0.25, 0.3) is 0 Å². The van der Waals surface area contributed by atoms with Crippen LogP contribution in [0.15, 0.2) is 42.5 Å². The summed E-state index contributed by atoms with van der Waals surface area (Å²) in [6.07, 6.45) is 0. The van der Waals surface area contributed by atoms with Crippen LogP contribution in [0.4, 0.5) is 0 Å². The zero-order valence-corrected chi connectivity index (χ0v) is 15.4. The van der Waals surface area contributed by atoms with E-state index in [-0.39, 0.29) is 18.1 Å². The van der Waals surface area contributed by atoms with Crippen molar-refractivity contribution >= 4 is 15.8 Å². The van der Waals surface area contributed by atoms with Gasteiger partial charge in [0.1, 0.15) is 12.2 Å². The van der Waals surface area contributed by atoms with Crippen LogP contribution in [0.2, 0.25) is 0 Å². The second-order valence-electron chi connectivity index (χ2n) is 6.41. The Labute approximate surface area is 157 Å². The first-order chi connectivity index (χ1) is 13.0. The molecule has 2 aromatic carbocycles. The zero-order chi connectivity index (χ0) is 18.9. The molecule has 0 atom stereocenters. The zero-order valence-electron chi connectivity index (χ0n) is 14.6. The fourth-order valence-corrected chi connectivity index (χ4v) is 4.31. The minimum atomic E-state index is -2.91. The SMILES string of the molecule is O=C(OCCN1CCS(=O)(=O)CC1)c1cccc2c1Oc1ccccc1O2. The molecular formula is C19H19NO6S. The molecule has 142 valence electrons. The van der Waals surface area contributed by atoms with Gasteiger partial charge in [-0.3, -0.25) is 4.90 Å². The predicted octanol–water partition coefficient (Wildman–Crippen LogP) is 2.47. The molecule has 0 spiro atoms. The molecule has 0 aromatic heterocycles.